The number of carbonyl (C=O) groups is 2. The minimum Gasteiger partial charge on any atom is -0.452 e. The smallest absolute Gasteiger partial charge is 0.344 e. The molecule has 1 heterocycles. The average Bonchev–Trinajstić information content (AvgIpc) is 2.50. The number of amides is 1. The molecule has 0 unspecified atom stereocenters. The van der Waals surface area contributed by atoms with E-state index >= 15 is 0 Å². The highest BCUT2D eigenvalue weighted by atomic mass is 16.5. The van der Waals surface area contributed by atoms with Crippen LogP contribution in [0.15, 0.2) is 23.1 Å². The second-order valence-electron chi connectivity index (χ2n) is 5.93. The summed E-state index contributed by atoms with van der Waals surface area (Å²) >= 11 is 0. The molecule has 1 amide bonds. The Labute approximate surface area is 129 Å². The number of carbonyl (C=O) groups excluding carboxylic acids is 2. The van der Waals surface area contributed by atoms with E-state index in [1.807, 2.05) is 0 Å². The number of H-pyrrole nitrogens is 1. The molecule has 22 heavy (non-hydrogen) atoms. The fraction of sp³-hybridized carbons (Fsp3) is 0.562. The molecule has 1 aliphatic carbocycles. The van der Waals surface area contributed by atoms with Gasteiger partial charge in [-0.15, -0.1) is 0 Å². The predicted molar refractivity (Wildman–Crippen MR) is 81.5 cm³/mol. The number of aromatic amines is 1. The molecule has 1 aromatic rings. The van der Waals surface area contributed by atoms with Crippen molar-refractivity contribution >= 4 is 11.9 Å². The van der Waals surface area contributed by atoms with Crippen molar-refractivity contribution in [3.05, 3.63) is 34.2 Å². The van der Waals surface area contributed by atoms with Gasteiger partial charge in [0.1, 0.15) is 5.56 Å². The summed E-state index contributed by atoms with van der Waals surface area (Å²) in [5.41, 5.74) is -0.627. The van der Waals surface area contributed by atoms with Crippen LogP contribution in [0, 0.1) is 11.8 Å². The van der Waals surface area contributed by atoms with Crippen LogP contribution in [0.3, 0.4) is 0 Å². The van der Waals surface area contributed by atoms with Crippen molar-refractivity contribution in [1.29, 1.82) is 0 Å². The Bertz CT molecular complexity index is 596. The van der Waals surface area contributed by atoms with Crippen molar-refractivity contribution in [2.45, 2.75) is 39.2 Å². The number of aromatic nitrogens is 1. The molecule has 2 N–H and O–H groups in total. The van der Waals surface area contributed by atoms with Crippen LogP contribution >= 0.6 is 0 Å². The zero-order valence-electron chi connectivity index (χ0n) is 12.9. The van der Waals surface area contributed by atoms with E-state index in [2.05, 4.69) is 24.1 Å². The average molecular weight is 306 g/mol. The summed E-state index contributed by atoms with van der Waals surface area (Å²) in [5.74, 6) is -0.136. The molecule has 6 nitrogen and oxygen atoms in total. The molecule has 2 rings (SSSR count). The first-order valence-electron chi connectivity index (χ1n) is 7.63. The highest BCUT2D eigenvalue weighted by molar-refractivity contribution is 5.90. The lowest BCUT2D eigenvalue weighted by Crippen LogP contribution is -2.45. The monoisotopic (exact) mass is 306 g/mol. The maximum absolute atomic E-state index is 11.9. The van der Waals surface area contributed by atoms with Crippen molar-refractivity contribution in [2.75, 3.05) is 6.61 Å². The Kier molecular flexibility index (Phi) is 5.35. The van der Waals surface area contributed by atoms with Gasteiger partial charge in [-0.05, 0) is 30.4 Å². The maximum Gasteiger partial charge on any atom is 0.344 e. The fourth-order valence-corrected chi connectivity index (χ4v) is 2.83. The molecule has 6 heteroatoms. The summed E-state index contributed by atoms with van der Waals surface area (Å²) in [6.07, 6.45) is 4.65. The van der Waals surface area contributed by atoms with E-state index in [0.717, 1.165) is 12.8 Å². The summed E-state index contributed by atoms with van der Waals surface area (Å²) in [7, 11) is 0. The number of esters is 1. The van der Waals surface area contributed by atoms with Crippen molar-refractivity contribution < 1.29 is 14.3 Å². The fourth-order valence-electron chi connectivity index (χ4n) is 2.83. The molecule has 0 bridgehead atoms. The summed E-state index contributed by atoms with van der Waals surface area (Å²) < 4.78 is 4.90. The van der Waals surface area contributed by atoms with Crippen LogP contribution in [0.4, 0.5) is 0 Å². The largest absolute Gasteiger partial charge is 0.452 e. The molecule has 1 saturated carbocycles. The Balaban J connectivity index is 1.84. The number of pyridine rings is 1. The van der Waals surface area contributed by atoms with Gasteiger partial charge >= 0.3 is 5.97 Å². The van der Waals surface area contributed by atoms with Crippen LogP contribution in [-0.4, -0.2) is 29.5 Å². The third kappa shape index (κ3) is 3.96. The van der Waals surface area contributed by atoms with E-state index in [9.17, 15) is 14.4 Å². The van der Waals surface area contributed by atoms with Crippen LogP contribution in [-0.2, 0) is 9.53 Å². The normalized spacial score (nSPS) is 24.5. The van der Waals surface area contributed by atoms with Gasteiger partial charge in [0, 0.05) is 12.2 Å². The zero-order valence-corrected chi connectivity index (χ0v) is 12.9. The topological polar surface area (TPSA) is 88.3 Å². The molecular formula is C16H22N2O4. The number of rotatable bonds is 4. The Morgan fingerprint density at radius 2 is 2.14 bits per heavy atom. The van der Waals surface area contributed by atoms with Crippen molar-refractivity contribution in [3.8, 4) is 0 Å². The van der Waals surface area contributed by atoms with E-state index < -0.39 is 11.5 Å². The quantitative estimate of drug-likeness (QED) is 0.825. The third-order valence-electron chi connectivity index (χ3n) is 4.43. The van der Waals surface area contributed by atoms with E-state index in [0.29, 0.717) is 11.8 Å². The van der Waals surface area contributed by atoms with E-state index in [1.165, 1.54) is 24.8 Å². The lowest BCUT2D eigenvalue weighted by molar-refractivity contribution is -0.125. The van der Waals surface area contributed by atoms with E-state index in [1.54, 1.807) is 0 Å². The molecular weight excluding hydrogens is 284 g/mol. The second-order valence-corrected chi connectivity index (χ2v) is 5.93. The molecule has 0 saturated heterocycles. The first-order valence-corrected chi connectivity index (χ1v) is 7.63. The van der Waals surface area contributed by atoms with Gasteiger partial charge in [0.2, 0.25) is 0 Å². The lowest BCUT2D eigenvalue weighted by Gasteiger charge is -2.34. The Morgan fingerprint density at radius 1 is 1.36 bits per heavy atom. The maximum atomic E-state index is 11.9. The summed E-state index contributed by atoms with van der Waals surface area (Å²) in [4.78, 5) is 37.5. The van der Waals surface area contributed by atoms with Crippen molar-refractivity contribution in [2.24, 2.45) is 11.8 Å². The van der Waals surface area contributed by atoms with Gasteiger partial charge in [-0.3, -0.25) is 9.59 Å². The molecule has 120 valence electrons. The predicted octanol–water partition coefficient (Wildman–Crippen LogP) is 1.47. The minimum atomic E-state index is -0.790. The van der Waals surface area contributed by atoms with Gasteiger partial charge in [0.15, 0.2) is 6.61 Å². The van der Waals surface area contributed by atoms with Gasteiger partial charge in [-0.25, -0.2) is 4.79 Å². The highest BCUT2D eigenvalue weighted by Crippen LogP contribution is 2.29. The van der Waals surface area contributed by atoms with Gasteiger partial charge < -0.3 is 15.0 Å². The summed E-state index contributed by atoms with van der Waals surface area (Å²) in [5, 5.41) is 2.92. The van der Waals surface area contributed by atoms with Crippen LogP contribution in [0.25, 0.3) is 0 Å². The summed E-state index contributed by atoms with van der Waals surface area (Å²) in [6.45, 7) is 3.94. The van der Waals surface area contributed by atoms with Crippen LogP contribution in [0.1, 0.15) is 43.5 Å². The first-order chi connectivity index (χ1) is 10.5. The van der Waals surface area contributed by atoms with Crippen molar-refractivity contribution in [3.63, 3.8) is 0 Å². The molecule has 1 aromatic heterocycles. The van der Waals surface area contributed by atoms with Crippen LogP contribution in [0.2, 0.25) is 0 Å². The minimum absolute atomic E-state index is 0.102. The molecule has 1 aliphatic rings. The molecule has 0 radical (unpaired) electrons. The van der Waals surface area contributed by atoms with Gasteiger partial charge in [0.25, 0.3) is 11.5 Å². The van der Waals surface area contributed by atoms with E-state index in [4.69, 9.17) is 4.74 Å². The number of nitrogens with one attached hydrogen (secondary N) is 2. The zero-order chi connectivity index (χ0) is 16.1. The van der Waals surface area contributed by atoms with Gasteiger partial charge in [0.05, 0.1) is 0 Å². The number of ether oxygens (including phenoxy) is 1. The highest BCUT2D eigenvalue weighted by Gasteiger charge is 2.28. The second kappa shape index (κ2) is 7.24. The molecule has 0 aromatic carbocycles. The molecule has 3 atom stereocenters. The van der Waals surface area contributed by atoms with Gasteiger partial charge in [-0.1, -0.05) is 26.7 Å². The first kappa shape index (κ1) is 16.3. The van der Waals surface area contributed by atoms with Crippen LogP contribution in [0.5, 0.6) is 0 Å². The van der Waals surface area contributed by atoms with Crippen LogP contribution < -0.4 is 10.9 Å². The number of hydrogen-bond acceptors (Lipinski definition) is 4. The van der Waals surface area contributed by atoms with E-state index in [-0.39, 0.29) is 24.1 Å². The SMILES string of the molecule is C[C@H]1[C@H](C)CCC[C@@H]1NC(=O)COC(=O)c1ccc[nH]c1=O. The van der Waals surface area contributed by atoms with Crippen molar-refractivity contribution in [1.82, 2.24) is 10.3 Å². The molecule has 0 aliphatic heterocycles. The Hall–Kier alpha value is -2.11. The third-order valence-corrected chi connectivity index (χ3v) is 4.43. The number of hydrogen-bond donors (Lipinski definition) is 2. The summed E-state index contributed by atoms with van der Waals surface area (Å²) in [6, 6.07) is 3.02. The Morgan fingerprint density at radius 3 is 2.86 bits per heavy atom. The lowest BCUT2D eigenvalue weighted by atomic mass is 9.78. The van der Waals surface area contributed by atoms with Gasteiger partial charge in [-0.2, -0.15) is 0 Å². The standard InChI is InChI=1S/C16H22N2O4/c1-10-5-3-7-13(11(10)2)18-14(19)9-22-16(21)12-6-4-8-17-15(12)20/h4,6,8,10-11,13H,3,5,7,9H2,1-2H3,(H,17,20)(H,18,19)/t10-,11+,13+/m1/s1. The molecule has 0 spiro atoms. The molecule has 1 fully saturated rings.